The third-order valence-electron chi connectivity index (χ3n) is 1.89. The Bertz CT molecular complexity index is 342. The van der Waals surface area contributed by atoms with Crippen molar-refractivity contribution in [3.8, 4) is 11.8 Å². The Morgan fingerprint density at radius 3 is 2.77 bits per heavy atom. The molecule has 0 unspecified atom stereocenters. The van der Waals surface area contributed by atoms with Gasteiger partial charge < -0.3 is 5.73 Å². The minimum Gasteiger partial charge on any atom is -0.330 e. The fourth-order valence-corrected chi connectivity index (χ4v) is 1.10. The van der Waals surface area contributed by atoms with Crippen molar-refractivity contribution in [3.05, 3.63) is 34.9 Å². The van der Waals surface area contributed by atoms with Gasteiger partial charge in [-0.2, -0.15) is 0 Å². The van der Waals surface area contributed by atoms with Gasteiger partial charge in [0.05, 0.1) is 0 Å². The average molecular weight is 173 g/mol. The highest BCUT2D eigenvalue weighted by Crippen LogP contribution is 2.08. The minimum atomic E-state index is 0.637. The normalized spacial score (nSPS) is 9.15. The number of benzene rings is 1. The van der Waals surface area contributed by atoms with Crippen LogP contribution in [-0.4, -0.2) is 6.54 Å². The van der Waals surface area contributed by atoms with Crippen LogP contribution in [0.2, 0.25) is 0 Å². The van der Waals surface area contributed by atoms with Gasteiger partial charge in [0.25, 0.3) is 0 Å². The van der Waals surface area contributed by atoms with E-state index in [9.17, 15) is 0 Å². The minimum absolute atomic E-state index is 0.637. The summed E-state index contributed by atoms with van der Waals surface area (Å²) < 4.78 is 0. The van der Waals surface area contributed by atoms with Crippen LogP contribution in [0.3, 0.4) is 0 Å². The molecule has 1 nitrogen and oxygen atoms in total. The number of rotatable bonds is 1. The fourth-order valence-electron chi connectivity index (χ4n) is 1.10. The maximum Gasteiger partial charge on any atom is 0.0277 e. The molecule has 1 aromatic rings. The van der Waals surface area contributed by atoms with E-state index in [1.807, 2.05) is 0 Å². The molecule has 0 aromatic heterocycles. The van der Waals surface area contributed by atoms with Crippen molar-refractivity contribution in [1.29, 1.82) is 0 Å². The Balaban J connectivity index is 2.89. The van der Waals surface area contributed by atoms with E-state index in [1.165, 1.54) is 11.1 Å². The Morgan fingerprint density at radius 1 is 1.31 bits per heavy atom. The molecule has 1 rings (SSSR count). The first kappa shape index (κ1) is 9.83. The van der Waals surface area contributed by atoms with E-state index in [4.69, 9.17) is 5.73 Å². The lowest BCUT2D eigenvalue weighted by atomic mass is 10.1. The summed E-state index contributed by atoms with van der Waals surface area (Å²) in [5, 5.41) is 0. The van der Waals surface area contributed by atoms with Crippen LogP contribution in [0.5, 0.6) is 0 Å². The maximum atomic E-state index is 5.36. The first-order valence-corrected chi connectivity index (χ1v) is 4.50. The van der Waals surface area contributed by atoms with Crippen LogP contribution < -0.4 is 5.73 Å². The Hall–Kier alpha value is -1.26. The van der Waals surface area contributed by atoms with Gasteiger partial charge in [0, 0.05) is 18.5 Å². The smallest absolute Gasteiger partial charge is 0.0277 e. The lowest BCUT2D eigenvalue weighted by molar-refractivity contribution is 1.03. The van der Waals surface area contributed by atoms with Crippen LogP contribution in [0, 0.1) is 25.7 Å². The van der Waals surface area contributed by atoms with Gasteiger partial charge in [-0.15, -0.1) is 0 Å². The van der Waals surface area contributed by atoms with E-state index >= 15 is 0 Å². The summed E-state index contributed by atoms with van der Waals surface area (Å²) in [7, 11) is 0. The van der Waals surface area contributed by atoms with Crippen LogP contribution in [-0.2, 0) is 0 Å². The molecule has 0 amide bonds. The van der Waals surface area contributed by atoms with Crippen molar-refractivity contribution in [2.24, 2.45) is 5.73 Å². The Labute approximate surface area is 80.0 Å². The maximum absolute atomic E-state index is 5.36. The highest BCUT2D eigenvalue weighted by atomic mass is 14.5. The third-order valence-corrected chi connectivity index (χ3v) is 1.89. The highest BCUT2D eigenvalue weighted by Gasteiger charge is 1.93. The molecule has 0 aliphatic carbocycles. The monoisotopic (exact) mass is 173 g/mol. The van der Waals surface area contributed by atoms with Crippen molar-refractivity contribution >= 4 is 0 Å². The van der Waals surface area contributed by atoms with Crippen molar-refractivity contribution in [3.63, 3.8) is 0 Å². The van der Waals surface area contributed by atoms with Gasteiger partial charge in [0.1, 0.15) is 0 Å². The quantitative estimate of drug-likeness (QED) is 0.646. The number of nitrogens with two attached hydrogens (primary N) is 1. The first-order chi connectivity index (χ1) is 6.24. The molecular weight excluding hydrogens is 158 g/mol. The zero-order chi connectivity index (χ0) is 9.68. The van der Waals surface area contributed by atoms with Crippen LogP contribution in [0.15, 0.2) is 18.2 Å². The number of hydrogen-bond acceptors (Lipinski definition) is 1. The predicted octanol–water partition coefficient (Wildman–Crippen LogP) is 2.00. The lowest BCUT2D eigenvalue weighted by Gasteiger charge is -1.98. The second kappa shape index (κ2) is 4.69. The highest BCUT2D eigenvalue weighted by molar-refractivity contribution is 5.42. The molecule has 0 bridgehead atoms. The number of aryl methyl sites for hydroxylation is 2. The van der Waals surface area contributed by atoms with Crippen LogP contribution in [0.1, 0.15) is 23.1 Å². The zero-order valence-corrected chi connectivity index (χ0v) is 8.22. The van der Waals surface area contributed by atoms with E-state index < -0.39 is 0 Å². The summed E-state index contributed by atoms with van der Waals surface area (Å²) in [4.78, 5) is 0. The molecule has 1 heteroatoms. The molecule has 1 aromatic carbocycles. The molecule has 0 atom stereocenters. The topological polar surface area (TPSA) is 26.0 Å². The van der Waals surface area contributed by atoms with E-state index in [1.54, 1.807) is 0 Å². The zero-order valence-electron chi connectivity index (χ0n) is 8.22. The molecule has 0 spiro atoms. The molecule has 0 aliphatic heterocycles. The largest absolute Gasteiger partial charge is 0.330 e. The van der Waals surface area contributed by atoms with Crippen LogP contribution in [0.25, 0.3) is 0 Å². The number of hydrogen-bond donors (Lipinski definition) is 1. The molecule has 0 fully saturated rings. The standard InChI is InChI=1S/C12H15N/c1-10-6-7-11(2)12(9-10)5-3-4-8-13/h6-7,9H,4,8,13H2,1-2H3. The van der Waals surface area contributed by atoms with Crippen molar-refractivity contribution in [2.45, 2.75) is 20.3 Å². The first-order valence-electron chi connectivity index (χ1n) is 4.50. The summed E-state index contributed by atoms with van der Waals surface area (Å²) >= 11 is 0. The Morgan fingerprint density at radius 2 is 2.08 bits per heavy atom. The fraction of sp³-hybridized carbons (Fsp3) is 0.333. The third kappa shape index (κ3) is 2.93. The molecule has 13 heavy (non-hydrogen) atoms. The van der Waals surface area contributed by atoms with E-state index in [-0.39, 0.29) is 0 Å². The summed E-state index contributed by atoms with van der Waals surface area (Å²) in [5.74, 6) is 6.17. The van der Waals surface area contributed by atoms with Gasteiger partial charge in [-0.1, -0.05) is 24.0 Å². The summed E-state index contributed by atoms with van der Waals surface area (Å²) in [5.41, 5.74) is 8.96. The van der Waals surface area contributed by atoms with Gasteiger partial charge in [0.2, 0.25) is 0 Å². The van der Waals surface area contributed by atoms with E-state index in [2.05, 4.69) is 43.9 Å². The lowest BCUT2D eigenvalue weighted by Crippen LogP contribution is -1.95. The van der Waals surface area contributed by atoms with Gasteiger partial charge in [-0.05, 0) is 31.0 Å². The van der Waals surface area contributed by atoms with Crippen LogP contribution in [0.4, 0.5) is 0 Å². The van der Waals surface area contributed by atoms with Gasteiger partial charge >= 0.3 is 0 Å². The Kier molecular flexibility index (Phi) is 3.54. The SMILES string of the molecule is Cc1ccc(C)c(C#CCCN)c1. The van der Waals surface area contributed by atoms with Gasteiger partial charge in [-0.25, -0.2) is 0 Å². The van der Waals surface area contributed by atoms with Crippen molar-refractivity contribution in [2.75, 3.05) is 6.54 Å². The molecule has 0 heterocycles. The molecule has 2 N–H and O–H groups in total. The second-order valence-corrected chi connectivity index (χ2v) is 3.16. The summed E-state index contributed by atoms with van der Waals surface area (Å²) in [6, 6.07) is 6.31. The van der Waals surface area contributed by atoms with Crippen molar-refractivity contribution < 1.29 is 0 Å². The summed E-state index contributed by atoms with van der Waals surface area (Å²) in [6.07, 6.45) is 0.771. The molecular formula is C12H15N. The van der Waals surface area contributed by atoms with E-state index in [0.29, 0.717) is 6.54 Å². The van der Waals surface area contributed by atoms with Crippen molar-refractivity contribution in [1.82, 2.24) is 0 Å². The molecule has 0 saturated carbocycles. The molecule has 0 saturated heterocycles. The predicted molar refractivity (Wildman–Crippen MR) is 56.5 cm³/mol. The van der Waals surface area contributed by atoms with E-state index in [0.717, 1.165) is 12.0 Å². The van der Waals surface area contributed by atoms with Gasteiger partial charge in [-0.3, -0.25) is 0 Å². The molecule has 0 aliphatic rings. The second-order valence-electron chi connectivity index (χ2n) is 3.16. The molecule has 68 valence electrons. The average Bonchev–Trinajstić information content (AvgIpc) is 2.11. The molecule has 0 radical (unpaired) electrons. The van der Waals surface area contributed by atoms with Gasteiger partial charge in [0.15, 0.2) is 0 Å². The summed E-state index contributed by atoms with van der Waals surface area (Å²) in [6.45, 7) is 4.79. The van der Waals surface area contributed by atoms with Crippen LogP contribution >= 0.6 is 0 Å².